The van der Waals surface area contributed by atoms with Gasteiger partial charge in [-0.25, -0.2) is 0 Å². The molecule has 2 unspecified atom stereocenters. The number of hydrogen-bond donors (Lipinski definition) is 2. The minimum atomic E-state index is 0.313. The molecule has 0 aromatic heterocycles. The molecule has 0 aromatic carbocycles. The van der Waals surface area contributed by atoms with Crippen LogP contribution in [-0.2, 0) is 4.74 Å². The lowest BCUT2D eigenvalue weighted by Gasteiger charge is -2.12. The highest BCUT2D eigenvalue weighted by Gasteiger charge is 2.23. The number of unbranched alkanes of at least 4 members (excludes halogenated alkanes) is 1. The van der Waals surface area contributed by atoms with Crippen LogP contribution in [0.3, 0.4) is 0 Å². The highest BCUT2D eigenvalue weighted by molar-refractivity contribution is 7.99. The molecule has 0 amide bonds. The van der Waals surface area contributed by atoms with Crippen LogP contribution in [0, 0.1) is 5.41 Å². The molecule has 1 rings (SSSR count). The molecule has 0 saturated carbocycles. The predicted molar refractivity (Wildman–Crippen MR) is 62.0 cm³/mol. The average molecular weight is 216 g/mol. The predicted octanol–water partition coefficient (Wildman–Crippen LogP) is 2.00. The third-order valence-corrected chi connectivity index (χ3v) is 4.05. The van der Waals surface area contributed by atoms with Gasteiger partial charge in [-0.05, 0) is 31.9 Å². The van der Waals surface area contributed by atoms with Crippen molar-refractivity contribution in [2.75, 3.05) is 12.4 Å². The Bertz CT molecular complexity index is 187. The molecule has 1 saturated heterocycles. The molecule has 1 aliphatic rings. The van der Waals surface area contributed by atoms with Crippen molar-refractivity contribution in [2.24, 2.45) is 5.73 Å². The molecule has 0 bridgehead atoms. The lowest BCUT2D eigenvalue weighted by atomic mass is 10.2. The molecule has 2 atom stereocenters. The molecular formula is C10H20N2OS. The van der Waals surface area contributed by atoms with Gasteiger partial charge < -0.3 is 10.5 Å². The average Bonchev–Trinajstić information content (AvgIpc) is 2.51. The summed E-state index contributed by atoms with van der Waals surface area (Å²) in [6.07, 6.45) is 4.57. The zero-order valence-electron chi connectivity index (χ0n) is 8.79. The van der Waals surface area contributed by atoms with Crippen molar-refractivity contribution in [1.29, 1.82) is 5.41 Å². The Morgan fingerprint density at radius 2 is 2.36 bits per heavy atom. The van der Waals surface area contributed by atoms with Crippen molar-refractivity contribution in [3.8, 4) is 0 Å². The fourth-order valence-electron chi connectivity index (χ4n) is 1.58. The first kappa shape index (κ1) is 11.9. The molecule has 1 heterocycles. The highest BCUT2D eigenvalue weighted by atomic mass is 32.2. The number of amidine groups is 1. The van der Waals surface area contributed by atoms with E-state index in [0.717, 1.165) is 25.9 Å². The van der Waals surface area contributed by atoms with Gasteiger partial charge in [0, 0.05) is 18.3 Å². The van der Waals surface area contributed by atoms with E-state index in [1.807, 2.05) is 11.8 Å². The van der Waals surface area contributed by atoms with Crippen LogP contribution in [0.4, 0.5) is 0 Å². The van der Waals surface area contributed by atoms with Crippen LogP contribution in [0.2, 0.25) is 0 Å². The van der Waals surface area contributed by atoms with Gasteiger partial charge in [0.15, 0.2) is 0 Å². The number of nitrogens with two attached hydrogens (primary N) is 1. The Balaban J connectivity index is 1.95. The SMILES string of the molecule is CC1OCCC1SCCCCC(=N)N. The van der Waals surface area contributed by atoms with E-state index < -0.39 is 0 Å². The first-order chi connectivity index (χ1) is 6.70. The van der Waals surface area contributed by atoms with Gasteiger partial charge in [0.1, 0.15) is 0 Å². The van der Waals surface area contributed by atoms with Crippen LogP contribution < -0.4 is 5.73 Å². The molecule has 3 nitrogen and oxygen atoms in total. The summed E-state index contributed by atoms with van der Waals surface area (Å²) in [4.78, 5) is 0. The van der Waals surface area contributed by atoms with Gasteiger partial charge >= 0.3 is 0 Å². The van der Waals surface area contributed by atoms with Gasteiger partial charge in [-0.1, -0.05) is 0 Å². The van der Waals surface area contributed by atoms with Crippen LogP contribution in [0.25, 0.3) is 0 Å². The number of nitrogens with one attached hydrogen (secondary N) is 1. The van der Waals surface area contributed by atoms with Gasteiger partial charge in [0.25, 0.3) is 0 Å². The topological polar surface area (TPSA) is 59.1 Å². The van der Waals surface area contributed by atoms with Gasteiger partial charge in [-0.15, -0.1) is 0 Å². The quantitative estimate of drug-likeness (QED) is 0.405. The molecule has 1 fully saturated rings. The second-order valence-corrected chi connectivity index (χ2v) is 5.10. The zero-order chi connectivity index (χ0) is 10.4. The smallest absolute Gasteiger partial charge is 0.0905 e. The number of hydrogen-bond acceptors (Lipinski definition) is 3. The van der Waals surface area contributed by atoms with Gasteiger partial charge in [0.2, 0.25) is 0 Å². The highest BCUT2D eigenvalue weighted by Crippen LogP contribution is 2.26. The van der Waals surface area contributed by atoms with Crippen molar-refractivity contribution in [1.82, 2.24) is 0 Å². The van der Waals surface area contributed by atoms with Gasteiger partial charge in [0.05, 0.1) is 11.9 Å². The molecule has 0 aliphatic carbocycles. The third-order valence-electron chi connectivity index (χ3n) is 2.48. The molecule has 0 aromatic rings. The summed E-state index contributed by atoms with van der Waals surface area (Å²) >= 11 is 2.01. The number of rotatable bonds is 6. The number of ether oxygens (including phenoxy) is 1. The Morgan fingerprint density at radius 3 is 2.93 bits per heavy atom. The van der Waals surface area contributed by atoms with Crippen molar-refractivity contribution in [3.05, 3.63) is 0 Å². The fraction of sp³-hybridized carbons (Fsp3) is 0.900. The molecular weight excluding hydrogens is 196 g/mol. The molecule has 0 spiro atoms. The summed E-state index contributed by atoms with van der Waals surface area (Å²) in [5.74, 6) is 1.48. The Labute approximate surface area is 90.3 Å². The van der Waals surface area contributed by atoms with Crippen molar-refractivity contribution < 1.29 is 4.74 Å². The monoisotopic (exact) mass is 216 g/mol. The minimum absolute atomic E-state index is 0.313. The van der Waals surface area contributed by atoms with Gasteiger partial charge in [-0.3, -0.25) is 5.41 Å². The second kappa shape index (κ2) is 6.30. The number of thioether (sulfide) groups is 1. The first-order valence-corrected chi connectivity index (χ1v) is 6.31. The summed E-state index contributed by atoms with van der Waals surface area (Å²) in [5, 5.41) is 7.77. The largest absolute Gasteiger partial charge is 0.388 e. The standard InChI is InChI=1S/C10H20N2OS/c1-8-9(5-6-13-8)14-7-3-2-4-10(11)12/h8-9H,2-7H2,1H3,(H3,11,12). The molecule has 4 heteroatoms. The Morgan fingerprint density at radius 1 is 1.57 bits per heavy atom. The maximum Gasteiger partial charge on any atom is 0.0905 e. The van der Waals surface area contributed by atoms with E-state index in [2.05, 4.69) is 6.92 Å². The zero-order valence-corrected chi connectivity index (χ0v) is 9.61. The fourth-order valence-corrected chi connectivity index (χ4v) is 2.87. The van der Waals surface area contributed by atoms with E-state index in [4.69, 9.17) is 15.9 Å². The third kappa shape index (κ3) is 4.33. The van der Waals surface area contributed by atoms with E-state index in [1.165, 1.54) is 12.2 Å². The van der Waals surface area contributed by atoms with Crippen molar-refractivity contribution in [2.45, 2.75) is 44.0 Å². The molecule has 82 valence electrons. The normalized spacial score (nSPS) is 26.6. The lowest BCUT2D eigenvalue weighted by Crippen LogP contribution is -2.14. The van der Waals surface area contributed by atoms with E-state index in [1.54, 1.807) is 0 Å². The van der Waals surface area contributed by atoms with E-state index in [9.17, 15) is 0 Å². The molecule has 0 radical (unpaired) electrons. The summed E-state index contributed by atoms with van der Waals surface area (Å²) in [6.45, 7) is 3.08. The van der Waals surface area contributed by atoms with Crippen LogP contribution in [0.5, 0.6) is 0 Å². The molecule has 3 N–H and O–H groups in total. The minimum Gasteiger partial charge on any atom is -0.388 e. The summed E-state index contributed by atoms with van der Waals surface area (Å²) in [7, 11) is 0. The van der Waals surface area contributed by atoms with Crippen LogP contribution in [-0.4, -0.2) is 29.5 Å². The van der Waals surface area contributed by atoms with Crippen molar-refractivity contribution in [3.63, 3.8) is 0 Å². The molecule has 1 aliphatic heterocycles. The summed E-state index contributed by atoms with van der Waals surface area (Å²) in [5.41, 5.74) is 5.28. The summed E-state index contributed by atoms with van der Waals surface area (Å²) in [6, 6.07) is 0. The first-order valence-electron chi connectivity index (χ1n) is 5.26. The van der Waals surface area contributed by atoms with E-state index in [0.29, 0.717) is 17.2 Å². The maximum atomic E-state index is 7.08. The van der Waals surface area contributed by atoms with Crippen LogP contribution in [0.15, 0.2) is 0 Å². The van der Waals surface area contributed by atoms with E-state index >= 15 is 0 Å². The van der Waals surface area contributed by atoms with Gasteiger partial charge in [-0.2, -0.15) is 11.8 Å². The Kier molecular flexibility index (Phi) is 5.33. The van der Waals surface area contributed by atoms with Crippen LogP contribution in [0.1, 0.15) is 32.6 Å². The second-order valence-electron chi connectivity index (χ2n) is 3.76. The summed E-state index contributed by atoms with van der Waals surface area (Å²) < 4.78 is 5.49. The van der Waals surface area contributed by atoms with Crippen LogP contribution >= 0.6 is 11.8 Å². The van der Waals surface area contributed by atoms with Crippen molar-refractivity contribution >= 4 is 17.6 Å². The Hall–Kier alpha value is -0.220. The molecule has 14 heavy (non-hydrogen) atoms. The lowest BCUT2D eigenvalue weighted by molar-refractivity contribution is 0.127. The maximum absolute atomic E-state index is 7.08. The van der Waals surface area contributed by atoms with E-state index in [-0.39, 0.29) is 0 Å².